The number of rotatable bonds is 1. The highest BCUT2D eigenvalue weighted by Crippen LogP contribution is 2.41. The Bertz CT molecular complexity index is 554. The molecular weight excluding hydrogens is 264 g/mol. The molecule has 1 saturated carbocycles. The molecule has 1 amide bonds. The number of hydrogen-bond acceptors (Lipinski definition) is 3. The van der Waals surface area contributed by atoms with Gasteiger partial charge in [-0.05, 0) is 30.3 Å². The van der Waals surface area contributed by atoms with Gasteiger partial charge in [0.05, 0.1) is 5.92 Å². The quantitative estimate of drug-likeness (QED) is 0.771. The molecule has 114 valence electrons. The van der Waals surface area contributed by atoms with Gasteiger partial charge >= 0.3 is 0 Å². The Kier molecular flexibility index (Phi) is 3.32. The van der Waals surface area contributed by atoms with Crippen molar-refractivity contribution in [3.8, 4) is 0 Å². The number of fused-ring (bicyclic) bond motifs is 2. The third-order valence-electron chi connectivity index (χ3n) is 5.16. The molecule has 0 aromatic heterocycles. The molecule has 1 aliphatic heterocycles. The zero-order valence-corrected chi connectivity index (χ0v) is 13.0. The maximum absolute atomic E-state index is 12.8. The van der Waals surface area contributed by atoms with Crippen LogP contribution >= 0.6 is 0 Å². The van der Waals surface area contributed by atoms with Crippen molar-refractivity contribution in [1.29, 1.82) is 0 Å². The summed E-state index contributed by atoms with van der Waals surface area (Å²) < 4.78 is 0. The summed E-state index contributed by atoms with van der Waals surface area (Å²) in [5.41, 5.74) is 7.66. The Morgan fingerprint density at radius 1 is 1.33 bits per heavy atom. The largest absolute Gasteiger partial charge is 0.369 e. The summed E-state index contributed by atoms with van der Waals surface area (Å²) in [6.07, 6.45) is 6.59. The lowest BCUT2D eigenvalue weighted by atomic mass is 9.74. The lowest BCUT2D eigenvalue weighted by Crippen LogP contribution is -2.55. The van der Waals surface area contributed by atoms with E-state index in [1.54, 1.807) is 0 Å². The zero-order valence-electron chi connectivity index (χ0n) is 13.0. The van der Waals surface area contributed by atoms with Crippen LogP contribution in [0.15, 0.2) is 23.3 Å². The third kappa shape index (κ3) is 2.35. The first-order valence-electron chi connectivity index (χ1n) is 7.81. The second-order valence-corrected chi connectivity index (χ2v) is 7.55. The van der Waals surface area contributed by atoms with Gasteiger partial charge in [0, 0.05) is 23.6 Å². The number of amides is 1. The maximum atomic E-state index is 12.8. The summed E-state index contributed by atoms with van der Waals surface area (Å²) in [5, 5.41) is 3.52. The van der Waals surface area contributed by atoms with Gasteiger partial charge in [-0.1, -0.05) is 32.9 Å². The second kappa shape index (κ2) is 4.80. The van der Waals surface area contributed by atoms with Gasteiger partial charge in [-0.2, -0.15) is 0 Å². The van der Waals surface area contributed by atoms with Crippen LogP contribution in [0.2, 0.25) is 0 Å². The topological polar surface area (TPSA) is 72.2 Å². The fourth-order valence-electron chi connectivity index (χ4n) is 3.91. The molecule has 0 bridgehead atoms. The van der Waals surface area contributed by atoms with E-state index in [1.807, 2.05) is 0 Å². The minimum atomic E-state index is -0.281. The molecule has 3 aliphatic rings. The molecule has 0 radical (unpaired) electrons. The van der Waals surface area contributed by atoms with E-state index in [4.69, 9.17) is 5.73 Å². The minimum absolute atomic E-state index is 0.0461. The number of carbonyl (C=O) groups excluding carboxylic acids is 2. The van der Waals surface area contributed by atoms with Crippen molar-refractivity contribution in [2.75, 3.05) is 0 Å². The number of piperidine rings is 1. The van der Waals surface area contributed by atoms with E-state index < -0.39 is 0 Å². The van der Waals surface area contributed by atoms with Crippen molar-refractivity contribution in [2.24, 2.45) is 23.0 Å². The van der Waals surface area contributed by atoms with E-state index in [-0.39, 0.29) is 41.0 Å². The molecule has 1 heterocycles. The van der Waals surface area contributed by atoms with Crippen LogP contribution in [0.3, 0.4) is 0 Å². The summed E-state index contributed by atoms with van der Waals surface area (Å²) in [7, 11) is 0. The second-order valence-electron chi connectivity index (χ2n) is 7.55. The SMILES string of the molecule is CC(C)(C)C1=CCC2NC3C(C(N)=O)CCC3C(=O)C2=C1. The molecule has 0 aromatic carbocycles. The number of hydrogen-bond donors (Lipinski definition) is 2. The highest BCUT2D eigenvalue weighted by atomic mass is 16.1. The molecule has 4 nitrogen and oxygen atoms in total. The van der Waals surface area contributed by atoms with E-state index in [9.17, 15) is 9.59 Å². The van der Waals surface area contributed by atoms with Gasteiger partial charge in [0.1, 0.15) is 0 Å². The number of nitrogens with one attached hydrogen (secondary N) is 1. The van der Waals surface area contributed by atoms with Crippen LogP contribution in [0.25, 0.3) is 0 Å². The number of ketones is 1. The van der Waals surface area contributed by atoms with Gasteiger partial charge in [0.2, 0.25) is 5.91 Å². The lowest BCUT2D eigenvalue weighted by Gasteiger charge is -2.39. The molecule has 3 N–H and O–H groups in total. The average Bonchev–Trinajstić information content (AvgIpc) is 2.81. The van der Waals surface area contributed by atoms with Crippen LogP contribution in [0.5, 0.6) is 0 Å². The molecule has 1 saturated heterocycles. The Labute approximate surface area is 125 Å². The van der Waals surface area contributed by atoms with Gasteiger partial charge in [-0.15, -0.1) is 0 Å². The van der Waals surface area contributed by atoms with E-state index in [0.29, 0.717) is 0 Å². The predicted molar refractivity (Wildman–Crippen MR) is 81.4 cm³/mol. The average molecular weight is 288 g/mol. The van der Waals surface area contributed by atoms with E-state index >= 15 is 0 Å². The standard InChI is InChI=1S/C17H24N2O2/c1-17(2,3)9-4-7-13-12(8-9)15(20)10-5-6-11(16(18)21)14(10)19-13/h4,8,10-11,13-14,19H,5-7H2,1-3H3,(H2,18,21). The van der Waals surface area contributed by atoms with Crippen molar-refractivity contribution in [2.45, 2.75) is 52.1 Å². The molecule has 4 atom stereocenters. The van der Waals surface area contributed by atoms with Crippen LogP contribution < -0.4 is 11.1 Å². The Hall–Kier alpha value is -1.42. The molecule has 21 heavy (non-hydrogen) atoms. The number of allylic oxidation sites excluding steroid dienone is 2. The van der Waals surface area contributed by atoms with Crippen molar-refractivity contribution in [3.63, 3.8) is 0 Å². The zero-order chi connectivity index (χ0) is 15.4. The lowest BCUT2D eigenvalue weighted by molar-refractivity contribution is -0.124. The van der Waals surface area contributed by atoms with Crippen LogP contribution in [0.4, 0.5) is 0 Å². The molecule has 4 unspecified atom stereocenters. The number of Topliss-reactive ketones (excluding diaryl/α,β-unsaturated/α-hetero) is 1. The Morgan fingerprint density at radius 3 is 2.67 bits per heavy atom. The van der Waals surface area contributed by atoms with E-state index in [2.05, 4.69) is 38.2 Å². The van der Waals surface area contributed by atoms with Crippen LogP contribution in [-0.4, -0.2) is 23.8 Å². The highest BCUT2D eigenvalue weighted by Gasteiger charge is 2.49. The minimum Gasteiger partial charge on any atom is -0.369 e. The third-order valence-corrected chi connectivity index (χ3v) is 5.16. The van der Waals surface area contributed by atoms with Gasteiger partial charge in [0.15, 0.2) is 5.78 Å². The number of carbonyl (C=O) groups is 2. The summed E-state index contributed by atoms with van der Waals surface area (Å²) in [5.74, 6) is -0.336. The number of primary amides is 1. The van der Waals surface area contributed by atoms with Crippen molar-refractivity contribution in [1.82, 2.24) is 5.32 Å². The van der Waals surface area contributed by atoms with Crippen LogP contribution in [0, 0.1) is 17.3 Å². The smallest absolute Gasteiger partial charge is 0.222 e. The van der Waals surface area contributed by atoms with Gasteiger partial charge in [-0.25, -0.2) is 0 Å². The van der Waals surface area contributed by atoms with Crippen molar-refractivity contribution >= 4 is 11.7 Å². The Morgan fingerprint density at radius 2 is 2.05 bits per heavy atom. The van der Waals surface area contributed by atoms with Crippen LogP contribution in [0.1, 0.15) is 40.0 Å². The maximum Gasteiger partial charge on any atom is 0.222 e. The molecule has 2 fully saturated rings. The van der Waals surface area contributed by atoms with Gasteiger partial charge in [0.25, 0.3) is 0 Å². The van der Waals surface area contributed by atoms with E-state index in [0.717, 1.165) is 24.8 Å². The molecule has 4 heteroatoms. The van der Waals surface area contributed by atoms with Crippen molar-refractivity contribution < 1.29 is 9.59 Å². The van der Waals surface area contributed by atoms with Crippen molar-refractivity contribution in [3.05, 3.63) is 23.3 Å². The summed E-state index contributed by atoms with van der Waals surface area (Å²) in [6.45, 7) is 6.50. The Balaban J connectivity index is 1.89. The fraction of sp³-hybridized carbons (Fsp3) is 0.647. The molecule has 3 rings (SSSR count). The normalized spacial score (nSPS) is 35.7. The first kappa shape index (κ1) is 14.5. The summed E-state index contributed by atoms with van der Waals surface area (Å²) in [4.78, 5) is 24.3. The number of nitrogens with two attached hydrogens (primary N) is 1. The molecule has 2 aliphatic carbocycles. The summed E-state index contributed by atoms with van der Waals surface area (Å²) >= 11 is 0. The van der Waals surface area contributed by atoms with Crippen LogP contribution in [-0.2, 0) is 9.59 Å². The first-order valence-corrected chi connectivity index (χ1v) is 7.81. The highest BCUT2D eigenvalue weighted by molar-refractivity contribution is 6.01. The van der Waals surface area contributed by atoms with E-state index in [1.165, 1.54) is 5.57 Å². The van der Waals surface area contributed by atoms with Gasteiger partial charge in [-0.3, -0.25) is 9.59 Å². The monoisotopic (exact) mass is 288 g/mol. The first-order chi connectivity index (χ1) is 9.79. The fourth-order valence-corrected chi connectivity index (χ4v) is 3.91. The predicted octanol–water partition coefficient (Wildman–Crippen LogP) is 1.71. The molecule has 0 spiro atoms. The molecular formula is C17H24N2O2. The molecule has 0 aromatic rings. The van der Waals surface area contributed by atoms with Gasteiger partial charge < -0.3 is 11.1 Å². The summed E-state index contributed by atoms with van der Waals surface area (Å²) in [6, 6.07) is -0.0217.